The molecule has 0 unspecified atom stereocenters. The summed E-state index contributed by atoms with van der Waals surface area (Å²) in [5, 5.41) is 3.00. The van der Waals surface area contributed by atoms with Crippen LogP contribution < -0.4 is 5.32 Å². The lowest BCUT2D eigenvalue weighted by atomic mass is 9.84. The van der Waals surface area contributed by atoms with Crippen LogP contribution >= 0.6 is 0 Å². The Bertz CT molecular complexity index is 802. The van der Waals surface area contributed by atoms with Gasteiger partial charge in [-0.3, -0.25) is 14.5 Å². The molecule has 1 saturated heterocycles. The molecule has 2 aromatic rings. The van der Waals surface area contributed by atoms with Gasteiger partial charge in [0.05, 0.1) is 12.8 Å². The molecule has 2 fully saturated rings. The van der Waals surface area contributed by atoms with E-state index in [0.717, 1.165) is 5.69 Å². The van der Waals surface area contributed by atoms with Crippen LogP contribution in [0.1, 0.15) is 54.1 Å². The van der Waals surface area contributed by atoms with Gasteiger partial charge in [-0.25, -0.2) is 0 Å². The molecule has 1 N–H and O–H groups in total. The summed E-state index contributed by atoms with van der Waals surface area (Å²) < 4.78 is 5.18. The molecule has 2 amide bonds. The first-order valence-corrected chi connectivity index (χ1v) is 10.6. The van der Waals surface area contributed by atoms with Crippen molar-refractivity contribution >= 4 is 17.5 Å². The third-order valence-corrected chi connectivity index (χ3v) is 6.03. The van der Waals surface area contributed by atoms with Crippen molar-refractivity contribution in [3.8, 4) is 0 Å². The molecule has 1 saturated carbocycles. The highest BCUT2D eigenvalue weighted by molar-refractivity contribution is 5.92. The van der Waals surface area contributed by atoms with Crippen molar-refractivity contribution in [3.05, 3.63) is 54.0 Å². The van der Waals surface area contributed by atoms with E-state index in [9.17, 15) is 9.59 Å². The average Bonchev–Trinajstić information content (AvgIpc) is 3.30. The van der Waals surface area contributed by atoms with Gasteiger partial charge >= 0.3 is 0 Å². The number of nitrogens with zero attached hydrogens (tertiary/aromatic N) is 2. The van der Waals surface area contributed by atoms with Gasteiger partial charge in [-0.05, 0) is 48.6 Å². The van der Waals surface area contributed by atoms with E-state index in [2.05, 4.69) is 22.3 Å². The molecule has 154 valence electrons. The Morgan fingerprint density at radius 3 is 2.34 bits per heavy atom. The van der Waals surface area contributed by atoms with Crippen molar-refractivity contribution in [1.29, 1.82) is 0 Å². The van der Waals surface area contributed by atoms with Crippen molar-refractivity contribution in [2.24, 2.45) is 0 Å². The summed E-state index contributed by atoms with van der Waals surface area (Å²) in [6.07, 6.45) is 8.07. The van der Waals surface area contributed by atoms with Crippen LogP contribution in [0.15, 0.2) is 47.1 Å². The fourth-order valence-corrected chi connectivity index (χ4v) is 4.34. The number of piperazine rings is 1. The second-order valence-corrected chi connectivity index (χ2v) is 8.05. The highest BCUT2D eigenvalue weighted by Gasteiger charge is 2.24. The quantitative estimate of drug-likeness (QED) is 0.838. The van der Waals surface area contributed by atoms with Crippen molar-refractivity contribution in [3.63, 3.8) is 0 Å². The molecule has 0 radical (unpaired) electrons. The van der Waals surface area contributed by atoms with E-state index >= 15 is 0 Å². The van der Waals surface area contributed by atoms with Gasteiger partial charge in [0.25, 0.3) is 5.91 Å². The minimum atomic E-state index is -0.0860. The van der Waals surface area contributed by atoms with Gasteiger partial charge < -0.3 is 14.6 Å². The van der Waals surface area contributed by atoms with E-state index in [1.54, 1.807) is 17.0 Å². The molecule has 1 aromatic carbocycles. The molecule has 1 aromatic heterocycles. The number of amides is 2. The highest BCUT2D eigenvalue weighted by Crippen LogP contribution is 2.32. The fourth-order valence-electron chi connectivity index (χ4n) is 4.34. The Kier molecular flexibility index (Phi) is 6.30. The molecule has 1 aliphatic carbocycles. The van der Waals surface area contributed by atoms with Gasteiger partial charge in [-0.15, -0.1) is 0 Å². The number of hydrogen-bond acceptors (Lipinski definition) is 4. The Morgan fingerprint density at radius 2 is 1.69 bits per heavy atom. The molecular weight excluding hydrogens is 366 g/mol. The van der Waals surface area contributed by atoms with Crippen molar-refractivity contribution in [2.45, 2.75) is 38.0 Å². The van der Waals surface area contributed by atoms with Crippen molar-refractivity contribution in [2.75, 3.05) is 38.0 Å². The summed E-state index contributed by atoms with van der Waals surface area (Å²) in [5.41, 5.74) is 2.24. The standard InChI is InChI=1S/C23H29N3O3/c27-22(24-20-10-8-19(9-11-20)18-5-2-1-3-6-18)17-25-12-14-26(15-13-25)23(28)21-7-4-16-29-21/h4,7-11,16,18H,1-3,5-6,12-15,17H2,(H,24,27). The van der Waals surface area contributed by atoms with Crippen LogP contribution in [0.5, 0.6) is 0 Å². The topological polar surface area (TPSA) is 65.8 Å². The maximum Gasteiger partial charge on any atom is 0.289 e. The van der Waals surface area contributed by atoms with E-state index in [-0.39, 0.29) is 11.8 Å². The lowest BCUT2D eigenvalue weighted by Crippen LogP contribution is -2.50. The summed E-state index contributed by atoms with van der Waals surface area (Å²) in [6, 6.07) is 11.7. The minimum absolute atomic E-state index is 0.0128. The van der Waals surface area contributed by atoms with Crippen molar-refractivity contribution < 1.29 is 14.0 Å². The minimum Gasteiger partial charge on any atom is -0.459 e. The van der Waals surface area contributed by atoms with E-state index in [1.165, 1.54) is 43.9 Å². The lowest BCUT2D eigenvalue weighted by molar-refractivity contribution is -0.117. The third-order valence-electron chi connectivity index (χ3n) is 6.03. The molecule has 1 aliphatic heterocycles. The van der Waals surface area contributed by atoms with Crippen LogP contribution in [-0.2, 0) is 4.79 Å². The zero-order chi connectivity index (χ0) is 20.1. The largest absolute Gasteiger partial charge is 0.459 e. The molecule has 2 aliphatic rings. The van der Waals surface area contributed by atoms with E-state index in [1.807, 2.05) is 12.1 Å². The normalized spacial score (nSPS) is 18.6. The van der Waals surface area contributed by atoms with Gasteiger partial charge in [-0.1, -0.05) is 31.4 Å². The predicted molar refractivity (Wildman–Crippen MR) is 112 cm³/mol. The first-order chi connectivity index (χ1) is 14.2. The fraction of sp³-hybridized carbons (Fsp3) is 0.478. The van der Waals surface area contributed by atoms with Crippen LogP contribution in [-0.4, -0.2) is 54.3 Å². The maximum absolute atomic E-state index is 12.4. The second kappa shape index (κ2) is 9.27. The van der Waals surface area contributed by atoms with Crippen LogP contribution in [0.4, 0.5) is 5.69 Å². The molecule has 29 heavy (non-hydrogen) atoms. The molecular formula is C23H29N3O3. The van der Waals surface area contributed by atoms with Crippen LogP contribution in [0.25, 0.3) is 0 Å². The van der Waals surface area contributed by atoms with Gasteiger partial charge in [-0.2, -0.15) is 0 Å². The Labute approximate surface area is 171 Å². The Hall–Kier alpha value is -2.60. The summed E-state index contributed by atoms with van der Waals surface area (Å²) in [7, 11) is 0. The zero-order valence-electron chi connectivity index (χ0n) is 16.8. The number of rotatable bonds is 5. The van der Waals surface area contributed by atoms with Crippen LogP contribution in [0.2, 0.25) is 0 Å². The number of carbonyl (C=O) groups excluding carboxylic acids is 2. The summed E-state index contributed by atoms with van der Waals surface area (Å²) >= 11 is 0. The zero-order valence-corrected chi connectivity index (χ0v) is 16.8. The summed E-state index contributed by atoms with van der Waals surface area (Å²) in [5.74, 6) is 0.944. The van der Waals surface area contributed by atoms with Gasteiger partial charge in [0.1, 0.15) is 0 Å². The number of nitrogens with one attached hydrogen (secondary N) is 1. The smallest absolute Gasteiger partial charge is 0.289 e. The molecule has 0 atom stereocenters. The van der Waals surface area contributed by atoms with Crippen LogP contribution in [0.3, 0.4) is 0 Å². The van der Waals surface area contributed by atoms with E-state index < -0.39 is 0 Å². The van der Waals surface area contributed by atoms with Gasteiger partial charge in [0, 0.05) is 31.9 Å². The van der Waals surface area contributed by atoms with E-state index in [0.29, 0.717) is 44.4 Å². The monoisotopic (exact) mass is 395 g/mol. The first kappa shape index (κ1) is 19.7. The van der Waals surface area contributed by atoms with Crippen molar-refractivity contribution in [1.82, 2.24) is 9.80 Å². The number of benzene rings is 1. The molecule has 0 bridgehead atoms. The molecule has 0 spiro atoms. The van der Waals surface area contributed by atoms with E-state index in [4.69, 9.17) is 4.42 Å². The highest BCUT2D eigenvalue weighted by atomic mass is 16.3. The SMILES string of the molecule is O=C(CN1CCN(C(=O)c2ccco2)CC1)Nc1ccc(C2CCCCC2)cc1. The number of hydrogen-bond donors (Lipinski definition) is 1. The third kappa shape index (κ3) is 5.07. The average molecular weight is 396 g/mol. The predicted octanol–water partition coefficient (Wildman–Crippen LogP) is 3.72. The van der Waals surface area contributed by atoms with Gasteiger partial charge in [0.2, 0.25) is 5.91 Å². The Morgan fingerprint density at radius 1 is 0.966 bits per heavy atom. The number of furan rings is 1. The van der Waals surface area contributed by atoms with Crippen LogP contribution in [0, 0.1) is 0 Å². The maximum atomic E-state index is 12.4. The Balaban J connectivity index is 1.22. The molecule has 2 heterocycles. The summed E-state index contributed by atoms with van der Waals surface area (Å²) in [4.78, 5) is 28.6. The molecule has 4 rings (SSSR count). The lowest BCUT2D eigenvalue weighted by Gasteiger charge is -2.33. The molecule has 6 nitrogen and oxygen atoms in total. The van der Waals surface area contributed by atoms with Gasteiger partial charge in [0.15, 0.2) is 5.76 Å². The first-order valence-electron chi connectivity index (χ1n) is 10.6. The molecule has 6 heteroatoms. The second-order valence-electron chi connectivity index (χ2n) is 8.05. The number of anilines is 1. The number of carbonyl (C=O) groups is 2. The summed E-state index contributed by atoms with van der Waals surface area (Å²) in [6.45, 7) is 2.90.